The average molecular weight is 598 g/mol. The van der Waals surface area contributed by atoms with Crippen molar-refractivity contribution >= 4 is 40.3 Å². The van der Waals surface area contributed by atoms with Gasteiger partial charge < -0.3 is 9.47 Å². The molecule has 5 aromatic rings. The summed E-state index contributed by atoms with van der Waals surface area (Å²) in [6.45, 7) is 0.208. The zero-order valence-electron chi connectivity index (χ0n) is 21.3. The van der Waals surface area contributed by atoms with E-state index < -0.39 is 17.3 Å². The molecule has 208 valence electrons. The second kappa shape index (κ2) is 11.6. The predicted molar refractivity (Wildman–Crippen MR) is 153 cm³/mol. The first-order chi connectivity index (χ1) is 19.6. The molecular formula is C30H20Cl2F3N3O3. The molecule has 4 aromatic carbocycles. The number of ether oxygens (including phenoxy) is 2. The van der Waals surface area contributed by atoms with E-state index in [1.807, 2.05) is 0 Å². The monoisotopic (exact) mass is 597 g/mol. The molecule has 0 bridgehead atoms. The first-order valence-electron chi connectivity index (χ1n) is 12.1. The van der Waals surface area contributed by atoms with Gasteiger partial charge in [-0.2, -0.15) is 22.9 Å². The highest BCUT2D eigenvalue weighted by molar-refractivity contribution is 6.42. The summed E-state index contributed by atoms with van der Waals surface area (Å²) < 4.78 is 52.6. The Balaban J connectivity index is 1.50. The van der Waals surface area contributed by atoms with Gasteiger partial charge in [0.15, 0.2) is 17.3 Å². The number of nitrogens with zero attached hydrogens (tertiary/aromatic N) is 3. The molecular weight excluding hydrogens is 578 g/mol. The highest BCUT2D eigenvalue weighted by Crippen LogP contribution is 2.32. The summed E-state index contributed by atoms with van der Waals surface area (Å²) in [6, 6.07) is 21.3. The zero-order chi connectivity index (χ0) is 29.1. The van der Waals surface area contributed by atoms with Crippen molar-refractivity contribution in [3.8, 4) is 22.9 Å². The third-order valence-electron chi connectivity index (χ3n) is 6.09. The number of para-hydroxylation sites is 1. The normalized spacial score (nSPS) is 11.8. The van der Waals surface area contributed by atoms with E-state index in [9.17, 15) is 18.0 Å². The molecule has 0 radical (unpaired) electrons. The van der Waals surface area contributed by atoms with Crippen LogP contribution in [0.5, 0.6) is 11.5 Å². The Morgan fingerprint density at radius 1 is 0.927 bits per heavy atom. The minimum absolute atomic E-state index is 0.0374. The molecule has 1 heterocycles. The van der Waals surface area contributed by atoms with Crippen LogP contribution in [0.4, 0.5) is 13.2 Å². The summed E-state index contributed by atoms with van der Waals surface area (Å²) in [5.41, 5.74) is 0.364. The summed E-state index contributed by atoms with van der Waals surface area (Å²) >= 11 is 12.0. The Hall–Kier alpha value is -4.34. The summed E-state index contributed by atoms with van der Waals surface area (Å²) in [6.07, 6.45) is -3.18. The minimum atomic E-state index is -4.57. The molecule has 0 fully saturated rings. The van der Waals surface area contributed by atoms with E-state index in [1.165, 1.54) is 25.5 Å². The largest absolute Gasteiger partial charge is 0.493 e. The molecule has 0 aliphatic heterocycles. The van der Waals surface area contributed by atoms with Crippen molar-refractivity contribution < 1.29 is 22.6 Å². The molecule has 0 aliphatic rings. The van der Waals surface area contributed by atoms with E-state index in [1.54, 1.807) is 60.7 Å². The smallest absolute Gasteiger partial charge is 0.416 e. The molecule has 0 amide bonds. The van der Waals surface area contributed by atoms with Gasteiger partial charge in [-0.1, -0.05) is 53.5 Å². The van der Waals surface area contributed by atoms with Gasteiger partial charge in [-0.3, -0.25) is 4.79 Å². The first-order valence-corrected chi connectivity index (χ1v) is 12.9. The van der Waals surface area contributed by atoms with Crippen LogP contribution in [0, 0.1) is 0 Å². The van der Waals surface area contributed by atoms with Gasteiger partial charge in [-0.15, -0.1) is 0 Å². The van der Waals surface area contributed by atoms with Crippen LogP contribution in [0.1, 0.15) is 16.7 Å². The van der Waals surface area contributed by atoms with Gasteiger partial charge in [0.2, 0.25) is 0 Å². The van der Waals surface area contributed by atoms with Crippen molar-refractivity contribution in [2.24, 2.45) is 5.10 Å². The quantitative estimate of drug-likeness (QED) is 0.179. The van der Waals surface area contributed by atoms with E-state index in [0.717, 1.165) is 22.4 Å². The maximum atomic E-state index is 13.4. The van der Waals surface area contributed by atoms with Crippen LogP contribution in [0.3, 0.4) is 0 Å². The highest BCUT2D eigenvalue weighted by atomic mass is 35.5. The van der Waals surface area contributed by atoms with E-state index in [0.29, 0.717) is 32.6 Å². The van der Waals surface area contributed by atoms with Gasteiger partial charge in [0, 0.05) is 5.56 Å². The zero-order valence-corrected chi connectivity index (χ0v) is 22.8. The summed E-state index contributed by atoms with van der Waals surface area (Å²) in [7, 11) is 1.48. The van der Waals surface area contributed by atoms with Crippen molar-refractivity contribution in [2.45, 2.75) is 12.8 Å². The standard InChI is InChI=1S/C30H20Cl2F3N3O3/c1-40-27-14-18(10-12-26(27)41-17-19-9-11-23(31)24(32)13-19)16-36-38-28(20-5-4-6-21(15-20)30(33,34)35)37-25-8-3-2-7-22(25)29(38)39/h2-16H,17H2,1H3. The fourth-order valence-corrected chi connectivity index (χ4v) is 4.37. The van der Waals surface area contributed by atoms with Crippen LogP contribution < -0.4 is 15.0 Å². The van der Waals surface area contributed by atoms with Crippen LogP contribution in [0.15, 0.2) is 94.8 Å². The van der Waals surface area contributed by atoms with E-state index >= 15 is 0 Å². The van der Waals surface area contributed by atoms with Crippen LogP contribution in [0.25, 0.3) is 22.3 Å². The molecule has 11 heteroatoms. The molecule has 0 aliphatic carbocycles. The van der Waals surface area contributed by atoms with E-state index in [2.05, 4.69) is 10.1 Å². The van der Waals surface area contributed by atoms with Gasteiger partial charge >= 0.3 is 6.18 Å². The molecule has 0 saturated carbocycles. The van der Waals surface area contributed by atoms with E-state index in [-0.39, 0.29) is 23.4 Å². The van der Waals surface area contributed by atoms with Gasteiger partial charge in [-0.05, 0) is 65.7 Å². The number of methoxy groups -OCH3 is 1. The molecule has 6 nitrogen and oxygen atoms in total. The Morgan fingerprint density at radius 2 is 1.73 bits per heavy atom. The van der Waals surface area contributed by atoms with Crippen molar-refractivity contribution in [3.05, 3.63) is 122 Å². The Bertz CT molecular complexity index is 1840. The third-order valence-corrected chi connectivity index (χ3v) is 6.83. The van der Waals surface area contributed by atoms with Crippen molar-refractivity contribution in [3.63, 3.8) is 0 Å². The van der Waals surface area contributed by atoms with Crippen LogP contribution in [-0.2, 0) is 12.8 Å². The van der Waals surface area contributed by atoms with Crippen LogP contribution >= 0.6 is 23.2 Å². The molecule has 0 unspecified atom stereocenters. The summed E-state index contributed by atoms with van der Waals surface area (Å²) in [4.78, 5) is 17.9. The second-order valence-electron chi connectivity index (χ2n) is 8.84. The number of hydrogen-bond acceptors (Lipinski definition) is 5. The number of hydrogen-bond donors (Lipinski definition) is 0. The van der Waals surface area contributed by atoms with Crippen LogP contribution in [0.2, 0.25) is 10.0 Å². The topological polar surface area (TPSA) is 65.7 Å². The highest BCUT2D eigenvalue weighted by Gasteiger charge is 2.31. The SMILES string of the molecule is COc1cc(C=Nn2c(-c3cccc(C(F)(F)F)c3)nc3ccccc3c2=O)ccc1OCc1ccc(Cl)c(Cl)c1. The molecule has 5 rings (SSSR count). The second-order valence-corrected chi connectivity index (χ2v) is 9.65. The van der Waals surface area contributed by atoms with Crippen molar-refractivity contribution in [1.82, 2.24) is 9.66 Å². The number of fused-ring (bicyclic) bond motifs is 1. The van der Waals surface area contributed by atoms with Gasteiger partial charge in [-0.25, -0.2) is 4.98 Å². The molecule has 1 aromatic heterocycles. The predicted octanol–water partition coefficient (Wildman–Crippen LogP) is 7.86. The maximum Gasteiger partial charge on any atom is 0.416 e. The number of rotatable bonds is 7. The average Bonchev–Trinajstić information content (AvgIpc) is 2.97. The number of alkyl halides is 3. The lowest BCUT2D eigenvalue weighted by Gasteiger charge is -2.13. The number of benzene rings is 4. The summed E-state index contributed by atoms with van der Waals surface area (Å²) in [5, 5.41) is 5.44. The van der Waals surface area contributed by atoms with Crippen molar-refractivity contribution in [2.75, 3.05) is 7.11 Å². The lowest BCUT2D eigenvalue weighted by Crippen LogP contribution is -2.20. The first kappa shape index (κ1) is 28.2. The molecule has 0 saturated heterocycles. The van der Waals surface area contributed by atoms with Crippen molar-refractivity contribution in [1.29, 1.82) is 0 Å². The molecule has 0 atom stereocenters. The van der Waals surface area contributed by atoms with E-state index in [4.69, 9.17) is 32.7 Å². The molecule has 41 heavy (non-hydrogen) atoms. The Kier molecular flexibility index (Phi) is 8.01. The number of halogens is 5. The fraction of sp³-hybridized carbons (Fsp3) is 0.100. The van der Waals surface area contributed by atoms with Gasteiger partial charge in [0.05, 0.1) is 39.8 Å². The minimum Gasteiger partial charge on any atom is -0.493 e. The third kappa shape index (κ3) is 6.21. The van der Waals surface area contributed by atoms with Gasteiger partial charge in [0.25, 0.3) is 5.56 Å². The Labute approximate surface area is 242 Å². The number of aromatic nitrogens is 2. The summed E-state index contributed by atoms with van der Waals surface area (Å²) in [5.74, 6) is 0.811. The molecule has 0 spiro atoms. The molecule has 0 N–H and O–H groups in total. The fourth-order valence-electron chi connectivity index (χ4n) is 4.05. The Morgan fingerprint density at radius 3 is 2.49 bits per heavy atom. The lowest BCUT2D eigenvalue weighted by molar-refractivity contribution is -0.137. The lowest BCUT2D eigenvalue weighted by atomic mass is 10.1. The maximum absolute atomic E-state index is 13.4. The van der Waals surface area contributed by atoms with Crippen LogP contribution in [-0.4, -0.2) is 23.0 Å². The van der Waals surface area contributed by atoms with Gasteiger partial charge in [0.1, 0.15) is 6.61 Å².